The molecule has 0 radical (unpaired) electrons. The fourth-order valence-corrected chi connectivity index (χ4v) is 2.96. The molecule has 0 saturated heterocycles. The molecule has 0 heterocycles. The summed E-state index contributed by atoms with van der Waals surface area (Å²) in [7, 11) is 3.88. The number of hydrazine groups is 1. The SMILES string of the molecule is CN(C)C/C(N)=C/N(N)CCC(C)(C)OCC(C)(C)OCC(=O)NCCOCCOCCOCCOCC(=O)O. The van der Waals surface area contributed by atoms with Crippen molar-refractivity contribution >= 4 is 11.9 Å². The minimum absolute atomic E-state index is 0.0895. The number of ether oxygens (including phenoxy) is 6. The average molecular weight is 580 g/mol. The van der Waals surface area contributed by atoms with Gasteiger partial charge in [0.2, 0.25) is 5.91 Å². The molecule has 0 spiro atoms. The lowest BCUT2D eigenvalue weighted by atomic mass is 10.0. The number of carbonyl (C=O) groups is 2. The Kier molecular flexibility index (Phi) is 20.6. The Morgan fingerprint density at radius 1 is 0.850 bits per heavy atom. The lowest BCUT2D eigenvalue weighted by Gasteiger charge is -2.32. The zero-order chi connectivity index (χ0) is 30.4. The number of aliphatic carboxylic acids is 1. The molecular formula is C26H53N5O9. The van der Waals surface area contributed by atoms with E-state index < -0.39 is 17.2 Å². The molecule has 0 aromatic carbocycles. The number of carboxylic acid groups (broad SMARTS) is 1. The fraction of sp³-hybridized carbons (Fsp3) is 0.846. The third kappa shape index (κ3) is 25.0. The van der Waals surface area contributed by atoms with E-state index in [2.05, 4.69) is 5.32 Å². The van der Waals surface area contributed by atoms with Gasteiger partial charge in [-0.1, -0.05) is 0 Å². The molecule has 0 aliphatic heterocycles. The van der Waals surface area contributed by atoms with Crippen LogP contribution in [0.1, 0.15) is 34.1 Å². The van der Waals surface area contributed by atoms with Gasteiger partial charge in [-0.3, -0.25) is 4.79 Å². The number of nitrogens with one attached hydrogen (secondary N) is 1. The van der Waals surface area contributed by atoms with Crippen LogP contribution >= 0.6 is 0 Å². The molecule has 6 N–H and O–H groups in total. The fourth-order valence-electron chi connectivity index (χ4n) is 2.96. The van der Waals surface area contributed by atoms with E-state index >= 15 is 0 Å². The van der Waals surface area contributed by atoms with Gasteiger partial charge >= 0.3 is 5.97 Å². The first-order valence-electron chi connectivity index (χ1n) is 13.4. The van der Waals surface area contributed by atoms with E-state index in [0.717, 1.165) is 0 Å². The van der Waals surface area contributed by atoms with Crippen LogP contribution in [-0.2, 0) is 38.0 Å². The molecular weight excluding hydrogens is 526 g/mol. The van der Waals surface area contributed by atoms with Gasteiger partial charge in [-0.25, -0.2) is 10.6 Å². The molecule has 0 unspecified atom stereocenters. The van der Waals surface area contributed by atoms with E-state index in [-0.39, 0.29) is 25.7 Å². The van der Waals surface area contributed by atoms with Crippen LogP contribution in [0.5, 0.6) is 0 Å². The van der Waals surface area contributed by atoms with Crippen LogP contribution in [0, 0.1) is 0 Å². The predicted molar refractivity (Wildman–Crippen MR) is 150 cm³/mol. The largest absolute Gasteiger partial charge is 0.480 e. The van der Waals surface area contributed by atoms with Gasteiger partial charge < -0.3 is 54.5 Å². The maximum absolute atomic E-state index is 12.1. The van der Waals surface area contributed by atoms with Crippen molar-refractivity contribution in [3.05, 3.63) is 11.9 Å². The summed E-state index contributed by atoms with van der Waals surface area (Å²) in [6.45, 7) is 11.6. The molecule has 0 saturated carbocycles. The topological polar surface area (TPSA) is 180 Å². The van der Waals surface area contributed by atoms with E-state index in [1.54, 1.807) is 11.2 Å². The van der Waals surface area contributed by atoms with Gasteiger partial charge in [-0.15, -0.1) is 0 Å². The number of hydrogen-bond donors (Lipinski definition) is 4. The molecule has 14 heteroatoms. The average Bonchev–Trinajstić information content (AvgIpc) is 2.85. The first kappa shape index (κ1) is 38.0. The highest BCUT2D eigenvalue weighted by Gasteiger charge is 2.26. The highest BCUT2D eigenvalue weighted by atomic mass is 16.6. The third-order valence-electron chi connectivity index (χ3n) is 5.12. The van der Waals surface area contributed by atoms with Crippen LogP contribution in [-0.4, -0.2) is 138 Å². The summed E-state index contributed by atoms with van der Waals surface area (Å²) in [6.07, 6.45) is 2.40. The molecule has 14 nitrogen and oxygen atoms in total. The van der Waals surface area contributed by atoms with Crippen molar-refractivity contribution in [1.29, 1.82) is 0 Å². The molecule has 0 aliphatic rings. The third-order valence-corrected chi connectivity index (χ3v) is 5.12. The normalized spacial score (nSPS) is 12.7. The van der Waals surface area contributed by atoms with Gasteiger partial charge in [0.1, 0.15) is 13.2 Å². The van der Waals surface area contributed by atoms with E-state index in [9.17, 15) is 9.59 Å². The molecule has 0 aromatic heterocycles. The summed E-state index contributed by atoms with van der Waals surface area (Å²) in [6, 6.07) is 0. The zero-order valence-electron chi connectivity index (χ0n) is 25.2. The molecule has 0 aromatic rings. The van der Waals surface area contributed by atoms with Crippen LogP contribution in [0.25, 0.3) is 0 Å². The summed E-state index contributed by atoms with van der Waals surface area (Å²) in [5, 5.41) is 12.7. The van der Waals surface area contributed by atoms with Gasteiger partial charge in [0.25, 0.3) is 0 Å². The number of nitrogens with two attached hydrogens (primary N) is 2. The number of hydrogen-bond acceptors (Lipinski definition) is 12. The monoisotopic (exact) mass is 579 g/mol. The highest BCUT2D eigenvalue weighted by Crippen LogP contribution is 2.19. The second-order valence-corrected chi connectivity index (χ2v) is 10.7. The molecule has 0 rings (SSSR count). The lowest BCUT2D eigenvalue weighted by molar-refractivity contribution is -0.144. The van der Waals surface area contributed by atoms with Crippen LogP contribution in [0.2, 0.25) is 0 Å². The quantitative estimate of drug-likeness (QED) is 0.0600. The summed E-state index contributed by atoms with van der Waals surface area (Å²) in [5.74, 6) is 4.78. The van der Waals surface area contributed by atoms with Gasteiger partial charge in [0, 0.05) is 31.5 Å². The van der Waals surface area contributed by atoms with Crippen molar-refractivity contribution in [2.75, 3.05) is 99.8 Å². The zero-order valence-corrected chi connectivity index (χ0v) is 25.2. The second-order valence-electron chi connectivity index (χ2n) is 10.7. The molecule has 0 aliphatic carbocycles. The van der Waals surface area contributed by atoms with Gasteiger partial charge in [-0.2, -0.15) is 0 Å². The first-order valence-corrected chi connectivity index (χ1v) is 13.4. The minimum atomic E-state index is -1.01. The van der Waals surface area contributed by atoms with Crippen LogP contribution < -0.4 is 16.9 Å². The Hall–Kier alpha value is -2.04. The van der Waals surface area contributed by atoms with Crippen molar-refractivity contribution in [1.82, 2.24) is 15.2 Å². The molecule has 40 heavy (non-hydrogen) atoms. The minimum Gasteiger partial charge on any atom is -0.480 e. The molecule has 1 amide bonds. The Balaban J connectivity index is 3.86. The van der Waals surface area contributed by atoms with Gasteiger partial charge in [0.15, 0.2) is 0 Å². The smallest absolute Gasteiger partial charge is 0.329 e. The van der Waals surface area contributed by atoms with Crippen molar-refractivity contribution in [3.63, 3.8) is 0 Å². The van der Waals surface area contributed by atoms with Crippen molar-refractivity contribution in [2.24, 2.45) is 11.6 Å². The van der Waals surface area contributed by atoms with Gasteiger partial charge in [-0.05, 0) is 48.2 Å². The van der Waals surface area contributed by atoms with Crippen molar-refractivity contribution < 1.29 is 43.1 Å². The Morgan fingerprint density at radius 3 is 1.95 bits per heavy atom. The standard InChI is InChI=1S/C26H53N5O9/c1-25(2,7-9-31(28)18-22(27)17-30(5)6)40-21-26(3,4)39-19-23(32)29-8-10-35-11-12-36-13-14-37-15-16-38-20-24(33)34/h18H,7-17,19-21,27-28H2,1-6H3,(H,29,32)(H,33,34)/b22-18-. The Bertz CT molecular complexity index is 721. The number of carbonyl (C=O) groups excluding carboxylic acids is 1. The lowest BCUT2D eigenvalue weighted by Crippen LogP contribution is -2.41. The van der Waals surface area contributed by atoms with Crippen molar-refractivity contribution in [2.45, 2.75) is 45.3 Å². The van der Waals surface area contributed by atoms with Gasteiger partial charge in [0.05, 0.1) is 64.1 Å². The first-order chi connectivity index (χ1) is 18.7. The summed E-state index contributed by atoms with van der Waals surface area (Å²) < 4.78 is 32.7. The van der Waals surface area contributed by atoms with E-state index in [1.165, 1.54) is 0 Å². The maximum Gasteiger partial charge on any atom is 0.329 e. The number of likely N-dealkylation sites (N-methyl/N-ethyl adjacent to an activating group) is 1. The van der Waals surface area contributed by atoms with E-state index in [4.69, 9.17) is 45.1 Å². The summed E-state index contributed by atoms with van der Waals surface area (Å²) in [5.41, 5.74) is 5.54. The van der Waals surface area contributed by atoms with E-state index in [1.807, 2.05) is 46.7 Å². The highest BCUT2D eigenvalue weighted by molar-refractivity contribution is 5.77. The maximum atomic E-state index is 12.1. The summed E-state index contributed by atoms with van der Waals surface area (Å²) in [4.78, 5) is 24.4. The number of carboxylic acids is 1. The number of nitrogens with zero attached hydrogens (tertiary/aromatic N) is 2. The summed E-state index contributed by atoms with van der Waals surface area (Å²) >= 11 is 0. The van der Waals surface area contributed by atoms with Crippen molar-refractivity contribution in [3.8, 4) is 0 Å². The number of rotatable bonds is 26. The molecule has 0 atom stereocenters. The second kappa shape index (κ2) is 21.7. The van der Waals surface area contributed by atoms with Crippen LogP contribution in [0.15, 0.2) is 11.9 Å². The van der Waals surface area contributed by atoms with E-state index in [0.29, 0.717) is 78.0 Å². The van der Waals surface area contributed by atoms with Crippen LogP contribution in [0.3, 0.4) is 0 Å². The van der Waals surface area contributed by atoms with Crippen LogP contribution in [0.4, 0.5) is 0 Å². The number of amides is 1. The molecule has 0 fully saturated rings. The Morgan fingerprint density at radius 2 is 1.40 bits per heavy atom. The molecule has 0 bridgehead atoms. The Labute approximate surface area is 239 Å². The molecule has 236 valence electrons. The predicted octanol–water partition coefficient (Wildman–Crippen LogP) is -0.228.